The Kier molecular flexibility index (Phi) is 4.87. The number of rotatable bonds is 5. The van der Waals surface area contributed by atoms with E-state index < -0.39 is 29.9 Å². The van der Waals surface area contributed by atoms with E-state index in [1.165, 1.54) is 18.4 Å². The van der Waals surface area contributed by atoms with E-state index in [4.69, 9.17) is 10.00 Å². The summed E-state index contributed by atoms with van der Waals surface area (Å²) in [5, 5.41) is 8.93. The number of benzene rings is 1. The van der Waals surface area contributed by atoms with E-state index in [-0.39, 0.29) is 0 Å². The summed E-state index contributed by atoms with van der Waals surface area (Å²) in [5.41, 5.74) is -1.99. The minimum atomic E-state index is -5.48. The van der Waals surface area contributed by atoms with Crippen molar-refractivity contribution in [3.05, 3.63) is 66.3 Å². The van der Waals surface area contributed by atoms with Crippen LogP contribution < -0.4 is 0 Å². The van der Waals surface area contributed by atoms with Crippen LogP contribution in [0.15, 0.2) is 60.7 Å². The molecule has 0 amide bonds. The standard InChI is InChI=1S/C15H13NO7S2/c16-12-23-14(11-8-13-6-2-1-3-7-13)9-4-5-10-15(14,24(17,18)19)25(20,21)22/h1-11H,(H,17,18,19)(H,20,21,22). The van der Waals surface area contributed by atoms with Gasteiger partial charge in [-0.1, -0.05) is 48.6 Å². The van der Waals surface area contributed by atoms with Gasteiger partial charge in [0, 0.05) is 0 Å². The maximum atomic E-state index is 12.0. The average Bonchev–Trinajstić information content (AvgIpc) is 2.52. The predicted molar refractivity (Wildman–Crippen MR) is 89.0 cm³/mol. The molecule has 0 saturated carbocycles. The van der Waals surface area contributed by atoms with E-state index >= 15 is 0 Å². The van der Waals surface area contributed by atoms with E-state index in [9.17, 15) is 25.9 Å². The third kappa shape index (κ3) is 3.10. The summed E-state index contributed by atoms with van der Waals surface area (Å²) in [6.45, 7) is 0. The van der Waals surface area contributed by atoms with E-state index in [0.717, 1.165) is 18.2 Å². The van der Waals surface area contributed by atoms with Crippen LogP contribution in [0.3, 0.4) is 0 Å². The summed E-state index contributed by atoms with van der Waals surface area (Å²) < 4.78 is 68.5. The lowest BCUT2D eigenvalue weighted by Gasteiger charge is -2.39. The van der Waals surface area contributed by atoms with Crippen LogP contribution in [0.2, 0.25) is 0 Å². The lowest BCUT2D eigenvalue weighted by atomic mass is 9.92. The molecule has 2 rings (SSSR count). The van der Waals surface area contributed by atoms with Gasteiger partial charge in [0.25, 0.3) is 30.6 Å². The van der Waals surface area contributed by atoms with Gasteiger partial charge in [0.05, 0.1) is 0 Å². The Morgan fingerprint density at radius 2 is 1.56 bits per heavy atom. The number of allylic oxidation sites excluding steroid dienone is 2. The quantitative estimate of drug-likeness (QED) is 0.576. The molecule has 1 unspecified atom stereocenters. The molecule has 0 aliphatic heterocycles. The van der Waals surface area contributed by atoms with Crippen LogP contribution in [0.4, 0.5) is 0 Å². The molecule has 0 heterocycles. The molecule has 2 N–H and O–H groups in total. The van der Waals surface area contributed by atoms with Crippen LogP contribution >= 0.6 is 0 Å². The van der Waals surface area contributed by atoms with Gasteiger partial charge in [0.1, 0.15) is 0 Å². The largest absolute Gasteiger partial charge is 0.409 e. The van der Waals surface area contributed by atoms with E-state index in [0.29, 0.717) is 11.6 Å². The molecule has 0 fully saturated rings. The zero-order valence-corrected chi connectivity index (χ0v) is 14.2. The predicted octanol–water partition coefficient (Wildman–Crippen LogP) is 1.53. The van der Waals surface area contributed by atoms with Crippen molar-refractivity contribution in [2.24, 2.45) is 0 Å². The maximum absolute atomic E-state index is 12.0. The Balaban J connectivity index is 2.81. The van der Waals surface area contributed by atoms with E-state index in [1.807, 2.05) is 0 Å². The molecule has 10 heteroatoms. The molecule has 0 spiro atoms. The van der Waals surface area contributed by atoms with Gasteiger partial charge in [0.15, 0.2) is 0 Å². The fourth-order valence-electron chi connectivity index (χ4n) is 2.51. The molecule has 25 heavy (non-hydrogen) atoms. The fraction of sp³-hybridized carbons (Fsp3) is 0.133. The second-order valence-corrected chi connectivity index (χ2v) is 8.51. The SMILES string of the molecule is N#COC1(C=Cc2ccccc2)C=CC=CC1(S(=O)(=O)O)S(=O)(=O)O. The molecule has 1 atom stereocenters. The Labute approximate surface area is 144 Å². The Bertz CT molecular complexity index is 954. The molecule has 8 nitrogen and oxygen atoms in total. The normalized spacial score (nSPS) is 22.6. The second kappa shape index (κ2) is 6.45. The van der Waals surface area contributed by atoms with Gasteiger partial charge in [-0.25, -0.2) is 0 Å². The lowest BCUT2D eigenvalue weighted by molar-refractivity contribution is 0.118. The van der Waals surface area contributed by atoms with Crippen LogP contribution in [0.1, 0.15) is 5.56 Å². The van der Waals surface area contributed by atoms with Crippen molar-refractivity contribution in [1.29, 1.82) is 5.26 Å². The molecular formula is C15H13NO7S2. The molecule has 1 aliphatic carbocycles. The highest BCUT2D eigenvalue weighted by atomic mass is 32.3. The van der Waals surface area contributed by atoms with Crippen LogP contribution in [0, 0.1) is 11.5 Å². The van der Waals surface area contributed by atoms with Gasteiger partial charge in [-0.15, -0.1) is 0 Å². The first kappa shape index (κ1) is 18.9. The number of nitrogens with zero attached hydrogens (tertiary/aromatic N) is 1. The summed E-state index contributed by atoms with van der Waals surface area (Å²) in [6.07, 6.45) is 7.20. The van der Waals surface area contributed by atoms with E-state index in [1.54, 1.807) is 30.3 Å². The second-order valence-electron chi connectivity index (χ2n) is 5.07. The van der Waals surface area contributed by atoms with Crippen LogP contribution in [-0.4, -0.2) is 35.6 Å². The summed E-state index contributed by atoms with van der Waals surface area (Å²) in [7, 11) is -11.0. The zero-order valence-electron chi connectivity index (χ0n) is 12.6. The Hall–Kier alpha value is -2.45. The Morgan fingerprint density at radius 3 is 2.08 bits per heavy atom. The van der Waals surface area contributed by atoms with Gasteiger partial charge in [-0.2, -0.15) is 22.1 Å². The molecule has 0 bridgehead atoms. The third-order valence-corrected chi connectivity index (χ3v) is 7.33. The van der Waals surface area contributed by atoms with Crippen LogP contribution in [-0.2, 0) is 25.0 Å². The van der Waals surface area contributed by atoms with Crippen molar-refractivity contribution >= 4 is 26.3 Å². The number of hydrogen-bond donors (Lipinski definition) is 2. The van der Waals surface area contributed by atoms with Crippen molar-refractivity contribution in [2.75, 3.05) is 0 Å². The Morgan fingerprint density at radius 1 is 1.00 bits per heavy atom. The van der Waals surface area contributed by atoms with Crippen molar-refractivity contribution < 1.29 is 30.7 Å². The van der Waals surface area contributed by atoms with Crippen molar-refractivity contribution in [3.8, 4) is 6.26 Å². The lowest BCUT2D eigenvalue weighted by Crippen LogP contribution is -2.62. The van der Waals surface area contributed by atoms with Crippen molar-refractivity contribution in [1.82, 2.24) is 0 Å². The molecule has 0 saturated heterocycles. The summed E-state index contributed by atoms with van der Waals surface area (Å²) >= 11 is 0. The van der Waals surface area contributed by atoms with Gasteiger partial charge in [0.2, 0.25) is 5.60 Å². The minimum Gasteiger partial charge on any atom is -0.409 e. The minimum absolute atomic E-state index is 0.533. The first-order valence-corrected chi connectivity index (χ1v) is 9.60. The van der Waals surface area contributed by atoms with Crippen LogP contribution in [0.5, 0.6) is 0 Å². The van der Waals surface area contributed by atoms with Gasteiger partial charge >= 0.3 is 0 Å². The first-order chi connectivity index (χ1) is 11.6. The number of nitriles is 1. The van der Waals surface area contributed by atoms with E-state index in [2.05, 4.69) is 0 Å². The summed E-state index contributed by atoms with van der Waals surface area (Å²) in [6, 6.07) is 8.33. The van der Waals surface area contributed by atoms with Gasteiger partial charge < -0.3 is 4.74 Å². The van der Waals surface area contributed by atoms with Crippen molar-refractivity contribution in [2.45, 2.75) is 9.68 Å². The smallest absolute Gasteiger partial charge is 0.296 e. The van der Waals surface area contributed by atoms with Gasteiger partial charge in [-0.05, 0) is 23.8 Å². The topological polar surface area (TPSA) is 142 Å². The monoisotopic (exact) mass is 383 g/mol. The zero-order chi connectivity index (χ0) is 18.8. The average molecular weight is 383 g/mol. The maximum Gasteiger partial charge on any atom is 0.296 e. The van der Waals surface area contributed by atoms with Crippen molar-refractivity contribution in [3.63, 3.8) is 0 Å². The van der Waals surface area contributed by atoms with Gasteiger partial charge in [-0.3, -0.25) is 9.11 Å². The summed E-state index contributed by atoms with van der Waals surface area (Å²) in [5.74, 6) is 0. The van der Waals surface area contributed by atoms with Crippen LogP contribution in [0.25, 0.3) is 6.08 Å². The molecule has 1 aromatic carbocycles. The highest BCUT2D eigenvalue weighted by Crippen LogP contribution is 2.43. The highest BCUT2D eigenvalue weighted by Gasteiger charge is 2.68. The fourth-order valence-corrected chi connectivity index (χ4v) is 5.23. The highest BCUT2D eigenvalue weighted by molar-refractivity contribution is 8.05. The number of hydrogen-bond acceptors (Lipinski definition) is 6. The first-order valence-electron chi connectivity index (χ1n) is 6.72. The third-order valence-electron chi connectivity index (χ3n) is 3.62. The molecule has 1 aliphatic rings. The molecule has 132 valence electrons. The molecule has 0 radical (unpaired) electrons. The summed E-state index contributed by atoms with van der Waals surface area (Å²) in [4.78, 5) is 0. The molecular weight excluding hydrogens is 370 g/mol. The molecule has 0 aromatic heterocycles. The molecule has 1 aromatic rings. The number of ether oxygens (including phenoxy) is 1.